The molecule has 2 aromatic rings. The Kier molecular flexibility index (Phi) is 6.02. The van der Waals surface area contributed by atoms with E-state index in [-0.39, 0.29) is 11.8 Å². The van der Waals surface area contributed by atoms with Crippen LogP contribution in [0.15, 0.2) is 48.5 Å². The first kappa shape index (κ1) is 18.1. The molecule has 1 heterocycles. The van der Waals surface area contributed by atoms with Crippen LogP contribution < -0.4 is 10.6 Å². The molecule has 1 saturated heterocycles. The maximum atomic E-state index is 12.7. The maximum absolute atomic E-state index is 12.7. The van der Waals surface area contributed by atoms with E-state index in [1.165, 1.54) is 26.2 Å². The summed E-state index contributed by atoms with van der Waals surface area (Å²) < 4.78 is 0. The molecule has 1 fully saturated rings. The van der Waals surface area contributed by atoms with Crippen molar-refractivity contribution in [2.75, 3.05) is 23.7 Å². The molecular formula is C21H25N3O2. The van der Waals surface area contributed by atoms with Crippen molar-refractivity contribution in [3.63, 3.8) is 0 Å². The van der Waals surface area contributed by atoms with E-state index in [1.807, 2.05) is 18.2 Å². The minimum atomic E-state index is -0.178. The Balaban J connectivity index is 1.72. The molecule has 136 valence electrons. The number of para-hydroxylation sites is 1. The minimum Gasteiger partial charge on any atom is -0.326 e. The Morgan fingerprint density at radius 1 is 0.962 bits per heavy atom. The van der Waals surface area contributed by atoms with Crippen LogP contribution in [0.25, 0.3) is 0 Å². The summed E-state index contributed by atoms with van der Waals surface area (Å²) in [5.74, 6) is -0.335. The van der Waals surface area contributed by atoms with Crippen LogP contribution in [0.4, 0.5) is 11.4 Å². The third-order valence-electron chi connectivity index (χ3n) is 4.55. The molecule has 0 atom stereocenters. The topological polar surface area (TPSA) is 61.4 Å². The summed E-state index contributed by atoms with van der Waals surface area (Å²) in [6.07, 6.45) is 3.79. The Hall–Kier alpha value is -2.66. The van der Waals surface area contributed by atoms with Gasteiger partial charge in [-0.3, -0.25) is 14.5 Å². The minimum absolute atomic E-state index is 0.158. The lowest BCUT2D eigenvalue weighted by molar-refractivity contribution is -0.114. The second kappa shape index (κ2) is 8.63. The first-order chi connectivity index (χ1) is 12.6. The molecule has 2 aromatic carbocycles. The van der Waals surface area contributed by atoms with Gasteiger partial charge >= 0.3 is 0 Å². The Labute approximate surface area is 154 Å². The molecule has 0 aromatic heterocycles. The summed E-state index contributed by atoms with van der Waals surface area (Å²) in [5, 5.41) is 5.72. The number of nitrogens with one attached hydrogen (secondary N) is 2. The highest BCUT2D eigenvalue weighted by atomic mass is 16.2. The first-order valence-corrected chi connectivity index (χ1v) is 9.11. The summed E-state index contributed by atoms with van der Waals surface area (Å²) in [6.45, 7) is 4.52. The van der Waals surface area contributed by atoms with Crippen molar-refractivity contribution in [3.05, 3.63) is 59.7 Å². The molecular weight excluding hydrogens is 326 g/mol. The van der Waals surface area contributed by atoms with Gasteiger partial charge in [0, 0.05) is 30.4 Å². The van der Waals surface area contributed by atoms with Crippen molar-refractivity contribution in [2.45, 2.75) is 32.7 Å². The molecule has 1 aliphatic heterocycles. The third-order valence-corrected chi connectivity index (χ3v) is 4.55. The number of carbonyl (C=O) groups excluding carboxylic acids is 2. The van der Waals surface area contributed by atoms with Crippen molar-refractivity contribution in [1.29, 1.82) is 0 Å². The Morgan fingerprint density at radius 2 is 1.73 bits per heavy atom. The number of hydrogen-bond donors (Lipinski definition) is 2. The van der Waals surface area contributed by atoms with Crippen LogP contribution in [0.5, 0.6) is 0 Å². The highest BCUT2D eigenvalue weighted by Gasteiger charge is 2.14. The first-order valence-electron chi connectivity index (χ1n) is 9.11. The number of carbonyl (C=O) groups is 2. The smallest absolute Gasteiger partial charge is 0.255 e. The van der Waals surface area contributed by atoms with Crippen LogP contribution in [0.3, 0.4) is 0 Å². The van der Waals surface area contributed by atoms with Gasteiger partial charge in [-0.05, 0) is 55.8 Å². The van der Waals surface area contributed by atoms with Crippen molar-refractivity contribution < 1.29 is 9.59 Å². The largest absolute Gasteiger partial charge is 0.326 e. The fraction of sp³-hybridized carbons (Fsp3) is 0.333. The third kappa shape index (κ3) is 4.92. The van der Waals surface area contributed by atoms with Gasteiger partial charge in [-0.25, -0.2) is 0 Å². The van der Waals surface area contributed by atoms with Gasteiger partial charge < -0.3 is 10.6 Å². The van der Waals surface area contributed by atoms with Gasteiger partial charge in [-0.1, -0.05) is 30.7 Å². The van der Waals surface area contributed by atoms with Crippen molar-refractivity contribution in [2.24, 2.45) is 0 Å². The molecule has 5 nitrogen and oxygen atoms in total. The lowest BCUT2D eigenvalue weighted by Gasteiger charge is -2.27. The summed E-state index contributed by atoms with van der Waals surface area (Å²) >= 11 is 0. The van der Waals surface area contributed by atoms with E-state index in [0.717, 1.165) is 30.9 Å². The lowest BCUT2D eigenvalue weighted by Crippen LogP contribution is -2.29. The van der Waals surface area contributed by atoms with E-state index in [9.17, 15) is 9.59 Å². The van der Waals surface area contributed by atoms with E-state index in [2.05, 4.69) is 21.6 Å². The van der Waals surface area contributed by atoms with E-state index < -0.39 is 0 Å². The number of likely N-dealkylation sites (tertiary alicyclic amines) is 1. The molecule has 0 saturated carbocycles. The summed E-state index contributed by atoms with van der Waals surface area (Å²) in [4.78, 5) is 26.3. The molecule has 2 N–H and O–H groups in total. The fourth-order valence-corrected chi connectivity index (χ4v) is 3.27. The monoisotopic (exact) mass is 351 g/mol. The number of piperidine rings is 1. The zero-order valence-electron chi connectivity index (χ0n) is 15.1. The van der Waals surface area contributed by atoms with Gasteiger partial charge in [-0.2, -0.15) is 0 Å². The van der Waals surface area contributed by atoms with Gasteiger partial charge in [0.25, 0.3) is 5.91 Å². The highest BCUT2D eigenvalue weighted by molar-refractivity contribution is 6.05. The summed E-state index contributed by atoms with van der Waals surface area (Å²) in [7, 11) is 0. The van der Waals surface area contributed by atoms with E-state index in [0.29, 0.717) is 11.3 Å². The lowest BCUT2D eigenvalue weighted by atomic mass is 10.1. The van der Waals surface area contributed by atoms with Gasteiger partial charge in [-0.15, -0.1) is 0 Å². The van der Waals surface area contributed by atoms with Crippen molar-refractivity contribution in [1.82, 2.24) is 4.90 Å². The van der Waals surface area contributed by atoms with E-state index >= 15 is 0 Å². The van der Waals surface area contributed by atoms with Crippen LogP contribution in [0, 0.1) is 0 Å². The second-order valence-corrected chi connectivity index (χ2v) is 6.71. The zero-order valence-corrected chi connectivity index (χ0v) is 15.1. The SMILES string of the molecule is CC(=O)Nc1cccc(C(=O)Nc2ccccc2CN2CCCCC2)c1. The number of hydrogen-bond acceptors (Lipinski definition) is 3. The molecule has 1 aliphatic rings. The molecule has 5 heteroatoms. The van der Waals surface area contributed by atoms with Gasteiger partial charge in [0.15, 0.2) is 0 Å². The average Bonchev–Trinajstić information content (AvgIpc) is 2.64. The predicted molar refractivity (Wildman–Crippen MR) is 104 cm³/mol. The molecule has 0 bridgehead atoms. The van der Waals surface area contributed by atoms with Crippen LogP contribution in [0.2, 0.25) is 0 Å². The number of anilines is 2. The molecule has 0 unspecified atom stereocenters. The maximum Gasteiger partial charge on any atom is 0.255 e. The number of nitrogens with zero attached hydrogens (tertiary/aromatic N) is 1. The van der Waals surface area contributed by atoms with E-state index in [1.54, 1.807) is 24.3 Å². The fourth-order valence-electron chi connectivity index (χ4n) is 3.27. The number of amides is 2. The average molecular weight is 351 g/mol. The van der Waals surface area contributed by atoms with E-state index in [4.69, 9.17) is 0 Å². The number of rotatable bonds is 5. The zero-order chi connectivity index (χ0) is 18.4. The summed E-state index contributed by atoms with van der Waals surface area (Å²) in [5.41, 5.74) is 3.10. The molecule has 0 radical (unpaired) electrons. The summed E-state index contributed by atoms with van der Waals surface area (Å²) in [6, 6.07) is 14.9. The molecule has 2 amide bonds. The quantitative estimate of drug-likeness (QED) is 0.859. The molecule has 0 spiro atoms. The van der Waals surface area contributed by atoms with Crippen LogP contribution in [-0.2, 0) is 11.3 Å². The normalized spacial score (nSPS) is 14.7. The van der Waals surface area contributed by atoms with Gasteiger partial charge in [0.2, 0.25) is 5.91 Å². The van der Waals surface area contributed by atoms with Crippen molar-refractivity contribution in [3.8, 4) is 0 Å². The Bertz CT molecular complexity index is 782. The number of benzene rings is 2. The molecule has 3 rings (SSSR count). The van der Waals surface area contributed by atoms with Gasteiger partial charge in [0.05, 0.1) is 0 Å². The van der Waals surface area contributed by atoms with Crippen LogP contribution in [0.1, 0.15) is 42.1 Å². The molecule has 0 aliphatic carbocycles. The van der Waals surface area contributed by atoms with Crippen LogP contribution >= 0.6 is 0 Å². The molecule has 26 heavy (non-hydrogen) atoms. The predicted octanol–water partition coefficient (Wildman–Crippen LogP) is 3.88. The second-order valence-electron chi connectivity index (χ2n) is 6.71. The van der Waals surface area contributed by atoms with Crippen molar-refractivity contribution >= 4 is 23.2 Å². The Morgan fingerprint density at radius 3 is 2.50 bits per heavy atom. The van der Waals surface area contributed by atoms with Crippen LogP contribution in [-0.4, -0.2) is 29.8 Å². The van der Waals surface area contributed by atoms with Gasteiger partial charge in [0.1, 0.15) is 0 Å². The standard InChI is InChI=1S/C21H25N3O2/c1-16(25)22-19-10-7-9-17(14-19)21(26)23-20-11-4-3-8-18(20)15-24-12-5-2-6-13-24/h3-4,7-11,14H,2,5-6,12-13,15H2,1H3,(H,22,25)(H,23,26). The highest BCUT2D eigenvalue weighted by Crippen LogP contribution is 2.21.